The first-order valence-corrected chi connectivity index (χ1v) is 7.13. The number of rotatable bonds is 2. The van der Waals surface area contributed by atoms with Gasteiger partial charge in [-0.15, -0.1) is 0 Å². The molecular formula is C16H16N2O3. The molecule has 2 amide bonds. The molecule has 4 fully saturated rings. The smallest absolute Gasteiger partial charge is 0.411 e. The molecule has 3 heterocycles. The highest BCUT2D eigenvalue weighted by atomic mass is 16.6. The van der Waals surface area contributed by atoms with Crippen molar-refractivity contribution in [3.8, 4) is 0 Å². The van der Waals surface area contributed by atoms with Crippen LogP contribution in [0.1, 0.15) is 24.5 Å². The van der Waals surface area contributed by atoms with E-state index in [1.165, 1.54) is 0 Å². The van der Waals surface area contributed by atoms with E-state index >= 15 is 0 Å². The lowest BCUT2D eigenvalue weighted by Gasteiger charge is -2.54. The Morgan fingerprint density at radius 2 is 1.95 bits per heavy atom. The highest BCUT2D eigenvalue weighted by molar-refractivity contribution is 5.94. The molecule has 0 aromatic heterocycles. The van der Waals surface area contributed by atoms with Crippen molar-refractivity contribution in [2.75, 3.05) is 6.54 Å². The summed E-state index contributed by atoms with van der Waals surface area (Å²) in [5.41, 5.74) is 1.00. The van der Waals surface area contributed by atoms with Gasteiger partial charge in [-0.1, -0.05) is 36.9 Å². The van der Waals surface area contributed by atoms with Crippen molar-refractivity contribution in [3.63, 3.8) is 0 Å². The number of carbonyl (C=O) groups is 2. The number of allylic oxidation sites excluding steroid dienone is 1. The summed E-state index contributed by atoms with van der Waals surface area (Å²) in [6.45, 7) is 4.28. The Labute approximate surface area is 122 Å². The van der Waals surface area contributed by atoms with Crippen molar-refractivity contribution in [1.29, 1.82) is 0 Å². The lowest BCUT2D eigenvalue weighted by molar-refractivity contribution is -0.143. The fourth-order valence-electron chi connectivity index (χ4n) is 3.55. The van der Waals surface area contributed by atoms with E-state index in [4.69, 9.17) is 4.74 Å². The summed E-state index contributed by atoms with van der Waals surface area (Å²) in [5.74, 6) is 0.159. The first-order chi connectivity index (χ1) is 10.1. The minimum absolute atomic E-state index is 0.124. The van der Waals surface area contributed by atoms with Gasteiger partial charge in [0.2, 0.25) is 5.91 Å². The van der Waals surface area contributed by atoms with Crippen LogP contribution in [0.3, 0.4) is 0 Å². The molecule has 108 valence electrons. The molecule has 1 atom stereocenters. The van der Waals surface area contributed by atoms with Gasteiger partial charge in [-0.25, -0.2) is 4.79 Å². The molecule has 3 aliphatic heterocycles. The second-order valence-electron chi connectivity index (χ2n) is 6.01. The van der Waals surface area contributed by atoms with Crippen molar-refractivity contribution >= 4 is 12.0 Å². The van der Waals surface area contributed by atoms with Crippen LogP contribution in [0.25, 0.3) is 0 Å². The van der Waals surface area contributed by atoms with Crippen LogP contribution in [-0.4, -0.2) is 29.0 Å². The van der Waals surface area contributed by atoms with Crippen LogP contribution < -0.4 is 5.32 Å². The molecule has 5 heteroatoms. The SMILES string of the molecule is C=C1NC(=O)C2(N3CC(c4ccccc4)OC3=O)CC1C2. The summed E-state index contributed by atoms with van der Waals surface area (Å²) < 4.78 is 5.46. The van der Waals surface area contributed by atoms with Crippen LogP contribution in [0.4, 0.5) is 4.79 Å². The zero-order valence-electron chi connectivity index (χ0n) is 11.5. The van der Waals surface area contributed by atoms with Gasteiger partial charge in [-0.05, 0) is 18.4 Å². The maximum atomic E-state index is 12.3. The van der Waals surface area contributed by atoms with Gasteiger partial charge in [0.25, 0.3) is 0 Å². The van der Waals surface area contributed by atoms with Crippen molar-refractivity contribution in [1.82, 2.24) is 10.2 Å². The van der Waals surface area contributed by atoms with Crippen molar-refractivity contribution < 1.29 is 14.3 Å². The van der Waals surface area contributed by atoms with Gasteiger partial charge in [0, 0.05) is 11.6 Å². The Morgan fingerprint density at radius 3 is 2.62 bits per heavy atom. The Balaban J connectivity index is 1.59. The Bertz CT molecular complexity index is 634. The van der Waals surface area contributed by atoms with Crippen LogP contribution in [0.5, 0.6) is 0 Å². The third-order valence-corrected chi connectivity index (χ3v) is 4.86. The third kappa shape index (κ3) is 1.63. The molecule has 0 radical (unpaired) electrons. The Hall–Kier alpha value is -2.30. The Morgan fingerprint density at radius 1 is 1.24 bits per heavy atom. The summed E-state index contributed by atoms with van der Waals surface area (Å²) in [5, 5.41) is 2.79. The molecule has 1 unspecified atom stereocenters. The summed E-state index contributed by atoms with van der Waals surface area (Å²) in [6.07, 6.45) is 0.623. The number of hydrogen-bond acceptors (Lipinski definition) is 3. The van der Waals surface area contributed by atoms with Gasteiger partial charge in [-0.3, -0.25) is 9.69 Å². The first kappa shape index (κ1) is 12.4. The molecule has 5 rings (SSSR count). The van der Waals surface area contributed by atoms with E-state index < -0.39 is 11.6 Å². The van der Waals surface area contributed by atoms with E-state index in [1.54, 1.807) is 4.90 Å². The van der Waals surface area contributed by atoms with E-state index in [2.05, 4.69) is 11.9 Å². The maximum absolute atomic E-state index is 12.3. The van der Waals surface area contributed by atoms with Crippen LogP contribution in [0, 0.1) is 5.92 Å². The number of ether oxygens (including phenoxy) is 1. The zero-order chi connectivity index (χ0) is 14.6. The largest absolute Gasteiger partial charge is 0.439 e. The van der Waals surface area contributed by atoms with Crippen LogP contribution in [0.15, 0.2) is 42.6 Å². The first-order valence-electron chi connectivity index (χ1n) is 7.13. The summed E-state index contributed by atoms with van der Waals surface area (Å²) in [6, 6.07) is 9.63. The van der Waals surface area contributed by atoms with Crippen molar-refractivity contribution in [3.05, 3.63) is 48.2 Å². The molecule has 1 aromatic rings. The monoisotopic (exact) mass is 284 g/mol. The minimum Gasteiger partial charge on any atom is -0.439 e. The number of carbonyl (C=O) groups excluding carboxylic acids is 2. The number of fused-ring (bicyclic) bond motifs is 2. The fraction of sp³-hybridized carbons (Fsp3) is 0.375. The molecule has 1 N–H and O–H groups in total. The molecule has 2 bridgehead atoms. The number of nitrogens with one attached hydrogen (secondary N) is 1. The topological polar surface area (TPSA) is 58.6 Å². The maximum Gasteiger partial charge on any atom is 0.411 e. The quantitative estimate of drug-likeness (QED) is 0.903. The Kier molecular flexibility index (Phi) is 2.43. The van der Waals surface area contributed by atoms with Crippen LogP contribution >= 0.6 is 0 Å². The molecule has 1 aliphatic carbocycles. The van der Waals surface area contributed by atoms with Gasteiger partial charge < -0.3 is 10.1 Å². The fourth-order valence-corrected chi connectivity index (χ4v) is 3.55. The van der Waals surface area contributed by atoms with Gasteiger partial charge in [-0.2, -0.15) is 0 Å². The number of nitrogens with zero attached hydrogens (tertiary/aromatic N) is 1. The van der Waals surface area contributed by atoms with Gasteiger partial charge >= 0.3 is 6.09 Å². The molecule has 1 aromatic carbocycles. The number of amides is 2. The number of cyclic esters (lactones) is 1. The van der Waals surface area contributed by atoms with E-state index in [0.29, 0.717) is 19.4 Å². The standard InChI is InChI=1S/C16H16N2O3/c1-10-12-7-16(8-12,14(19)17-10)18-9-13(21-15(18)20)11-5-3-2-4-6-11/h2-6,12-13H,1,7-9H2,(H,17,19). The molecule has 4 aliphatic rings. The number of benzene rings is 1. The lowest BCUT2D eigenvalue weighted by Crippen LogP contribution is -2.70. The second kappa shape index (κ2) is 4.10. The van der Waals surface area contributed by atoms with E-state index in [-0.39, 0.29) is 17.9 Å². The van der Waals surface area contributed by atoms with Gasteiger partial charge in [0.1, 0.15) is 11.6 Å². The van der Waals surface area contributed by atoms with Crippen molar-refractivity contribution in [2.45, 2.75) is 24.5 Å². The molecule has 0 spiro atoms. The predicted molar refractivity (Wildman–Crippen MR) is 75.1 cm³/mol. The average molecular weight is 284 g/mol. The molecule has 21 heavy (non-hydrogen) atoms. The molecule has 3 saturated heterocycles. The molecular weight excluding hydrogens is 268 g/mol. The normalized spacial score (nSPS) is 34.3. The van der Waals surface area contributed by atoms with Crippen LogP contribution in [0.2, 0.25) is 0 Å². The highest BCUT2D eigenvalue weighted by Gasteiger charge is 2.62. The van der Waals surface area contributed by atoms with Crippen LogP contribution in [-0.2, 0) is 9.53 Å². The van der Waals surface area contributed by atoms with E-state index in [9.17, 15) is 9.59 Å². The minimum atomic E-state index is -0.730. The predicted octanol–water partition coefficient (Wildman–Crippen LogP) is 1.97. The molecule has 5 nitrogen and oxygen atoms in total. The summed E-state index contributed by atoms with van der Waals surface area (Å²) in [7, 11) is 0. The third-order valence-electron chi connectivity index (χ3n) is 4.86. The van der Waals surface area contributed by atoms with Crippen molar-refractivity contribution in [2.24, 2.45) is 5.92 Å². The van der Waals surface area contributed by atoms with E-state index in [0.717, 1.165) is 11.3 Å². The summed E-state index contributed by atoms with van der Waals surface area (Å²) >= 11 is 0. The molecule has 1 saturated carbocycles. The second-order valence-corrected chi connectivity index (χ2v) is 6.01. The number of hydrogen-bond donors (Lipinski definition) is 1. The van der Waals surface area contributed by atoms with Gasteiger partial charge in [0.05, 0.1) is 6.54 Å². The highest BCUT2D eigenvalue weighted by Crippen LogP contribution is 2.51. The van der Waals surface area contributed by atoms with E-state index in [1.807, 2.05) is 30.3 Å². The number of piperidine rings is 2. The van der Waals surface area contributed by atoms with Gasteiger partial charge in [0.15, 0.2) is 0 Å². The zero-order valence-corrected chi connectivity index (χ0v) is 11.5. The summed E-state index contributed by atoms with van der Waals surface area (Å²) in [4.78, 5) is 26.1. The lowest BCUT2D eigenvalue weighted by atomic mass is 9.62. The average Bonchev–Trinajstić information content (AvgIpc) is 2.81.